The van der Waals surface area contributed by atoms with Crippen LogP contribution >= 0.6 is 0 Å². The summed E-state index contributed by atoms with van der Waals surface area (Å²) >= 11 is 0. The van der Waals surface area contributed by atoms with Crippen molar-refractivity contribution in [3.8, 4) is 0 Å². The highest BCUT2D eigenvalue weighted by atomic mass is 16.5. The van der Waals surface area contributed by atoms with Crippen molar-refractivity contribution < 1.29 is 24.2 Å². The van der Waals surface area contributed by atoms with Gasteiger partial charge in [0, 0.05) is 13.7 Å². The van der Waals surface area contributed by atoms with Crippen LogP contribution in [0.5, 0.6) is 0 Å². The Morgan fingerprint density at radius 2 is 1.93 bits per heavy atom. The number of methoxy groups -OCH3 is 1. The summed E-state index contributed by atoms with van der Waals surface area (Å²) in [6.45, 7) is 2.25. The summed E-state index contributed by atoms with van der Waals surface area (Å²) in [4.78, 5) is 21.7. The number of carboxylic acid groups (broad SMARTS) is 1. The van der Waals surface area contributed by atoms with E-state index in [0.717, 1.165) is 0 Å². The van der Waals surface area contributed by atoms with Crippen molar-refractivity contribution in [2.45, 2.75) is 13.3 Å². The smallest absolute Gasteiger partial charge is 0.318 e. The molecule has 15 heavy (non-hydrogen) atoms. The Morgan fingerprint density at radius 3 is 2.33 bits per heavy atom. The first kappa shape index (κ1) is 13.9. The van der Waals surface area contributed by atoms with Crippen molar-refractivity contribution in [1.82, 2.24) is 0 Å². The van der Waals surface area contributed by atoms with Crippen LogP contribution < -0.4 is 5.73 Å². The van der Waals surface area contributed by atoms with Crippen molar-refractivity contribution in [3.05, 3.63) is 0 Å². The Bertz CT molecular complexity index is 215. The normalized spacial score (nSPS) is 14.5. The highest BCUT2D eigenvalue weighted by molar-refractivity contribution is 6.00. The first-order valence-corrected chi connectivity index (χ1v) is 4.55. The van der Waals surface area contributed by atoms with E-state index in [4.69, 9.17) is 20.3 Å². The van der Waals surface area contributed by atoms with E-state index in [9.17, 15) is 9.59 Å². The van der Waals surface area contributed by atoms with Crippen molar-refractivity contribution in [2.75, 3.05) is 26.9 Å². The zero-order chi connectivity index (χ0) is 11.9. The Balaban J connectivity index is 3.99. The lowest BCUT2D eigenvalue weighted by molar-refractivity contribution is -0.154. The maximum Gasteiger partial charge on any atom is 0.318 e. The van der Waals surface area contributed by atoms with Gasteiger partial charge in [-0.3, -0.25) is 9.59 Å². The summed E-state index contributed by atoms with van der Waals surface area (Å²) in [5.74, 6) is -2.09. The minimum Gasteiger partial charge on any atom is -0.480 e. The standard InChI is InChI=1S/C9H17NO5/c1-9(7(10)11,8(12)13)3-4-15-6-5-14-2/h3-6H2,1-2H3,(H2,10,11)(H,12,13). The van der Waals surface area contributed by atoms with E-state index in [1.807, 2.05) is 0 Å². The maximum atomic E-state index is 10.9. The molecule has 3 N–H and O–H groups in total. The molecule has 6 nitrogen and oxygen atoms in total. The molecule has 1 amide bonds. The second-order valence-electron chi connectivity index (χ2n) is 3.36. The number of carbonyl (C=O) groups is 2. The van der Waals surface area contributed by atoms with E-state index in [-0.39, 0.29) is 13.0 Å². The topological polar surface area (TPSA) is 98.9 Å². The largest absolute Gasteiger partial charge is 0.480 e. The van der Waals surface area contributed by atoms with Gasteiger partial charge in [-0.2, -0.15) is 0 Å². The van der Waals surface area contributed by atoms with E-state index in [1.54, 1.807) is 0 Å². The van der Waals surface area contributed by atoms with Crippen LogP contribution in [0, 0.1) is 5.41 Å². The van der Waals surface area contributed by atoms with Gasteiger partial charge in [0.05, 0.1) is 13.2 Å². The molecule has 0 bridgehead atoms. The molecule has 1 unspecified atom stereocenters. The van der Waals surface area contributed by atoms with Crippen LogP contribution in [0.25, 0.3) is 0 Å². The monoisotopic (exact) mass is 219 g/mol. The van der Waals surface area contributed by atoms with Crippen LogP contribution in [0.4, 0.5) is 0 Å². The Labute approximate surface area is 88.3 Å². The van der Waals surface area contributed by atoms with E-state index >= 15 is 0 Å². The first-order chi connectivity index (χ1) is 6.95. The average Bonchev–Trinajstić information content (AvgIpc) is 2.16. The van der Waals surface area contributed by atoms with Gasteiger partial charge in [-0.25, -0.2) is 0 Å². The Kier molecular flexibility index (Phi) is 5.88. The summed E-state index contributed by atoms with van der Waals surface area (Å²) in [7, 11) is 1.54. The van der Waals surface area contributed by atoms with Crippen LogP contribution in [0.3, 0.4) is 0 Å². The van der Waals surface area contributed by atoms with E-state index < -0.39 is 17.3 Å². The van der Waals surface area contributed by atoms with Gasteiger partial charge in [-0.1, -0.05) is 0 Å². The van der Waals surface area contributed by atoms with Crippen molar-refractivity contribution >= 4 is 11.9 Å². The molecule has 0 saturated carbocycles. The molecule has 0 aromatic heterocycles. The van der Waals surface area contributed by atoms with Crippen molar-refractivity contribution in [3.63, 3.8) is 0 Å². The van der Waals surface area contributed by atoms with Crippen molar-refractivity contribution in [2.24, 2.45) is 11.1 Å². The first-order valence-electron chi connectivity index (χ1n) is 4.55. The predicted octanol–water partition coefficient (Wildman–Crippen LogP) is -0.384. The molecule has 0 aliphatic heterocycles. The molecular formula is C9H17NO5. The van der Waals surface area contributed by atoms with E-state index in [2.05, 4.69) is 0 Å². The van der Waals surface area contributed by atoms with E-state index in [1.165, 1.54) is 14.0 Å². The molecule has 0 aliphatic carbocycles. The van der Waals surface area contributed by atoms with Crippen LogP contribution in [0.2, 0.25) is 0 Å². The third-order valence-electron chi connectivity index (χ3n) is 2.19. The molecule has 0 aromatic carbocycles. The number of hydrogen-bond donors (Lipinski definition) is 2. The summed E-state index contributed by atoms with van der Waals surface area (Å²) in [5, 5.41) is 8.82. The van der Waals surface area contributed by atoms with Gasteiger partial charge < -0.3 is 20.3 Å². The zero-order valence-corrected chi connectivity index (χ0v) is 8.99. The third kappa shape index (κ3) is 4.26. The number of carboxylic acids is 1. The van der Waals surface area contributed by atoms with Gasteiger partial charge in [0.1, 0.15) is 5.41 Å². The van der Waals surface area contributed by atoms with Crippen LogP contribution in [0.1, 0.15) is 13.3 Å². The minimum absolute atomic E-state index is 0.0569. The Hall–Kier alpha value is -1.14. The molecule has 0 spiro atoms. The maximum absolute atomic E-state index is 10.9. The van der Waals surface area contributed by atoms with Gasteiger partial charge in [-0.05, 0) is 13.3 Å². The molecule has 0 fully saturated rings. The highest BCUT2D eigenvalue weighted by Crippen LogP contribution is 2.20. The number of nitrogens with two attached hydrogens (primary N) is 1. The summed E-state index contributed by atoms with van der Waals surface area (Å²) in [6.07, 6.45) is 0.0569. The quantitative estimate of drug-likeness (QED) is 0.428. The number of hydrogen-bond acceptors (Lipinski definition) is 4. The number of aliphatic carboxylic acids is 1. The molecule has 1 atom stereocenters. The molecule has 0 heterocycles. The molecule has 88 valence electrons. The predicted molar refractivity (Wildman–Crippen MR) is 52.2 cm³/mol. The molecule has 6 heteroatoms. The second kappa shape index (κ2) is 6.36. The average molecular weight is 219 g/mol. The van der Waals surface area contributed by atoms with Gasteiger partial charge in [0.25, 0.3) is 0 Å². The number of amides is 1. The van der Waals surface area contributed by atoms with Gasteiger partial charge in [0.15, 0.2) is 0 Å². The third-order valence-corrected chi connectivity index (χ3v) is 2.19. The molecule has 0 saturated heterocycles. The highest BCUT2D eigenvalue weighted by Gasteiger charge is 2.39. The molecular weight excluding hydrogens is 202 g/mol. The summed E-state index contributed by atoms with van der Waals surface area (Å²) in [5.41, 5.74) is 3.45. The van der Waals surface area contributed by atoms with Crippen LogP contribution in [-0.4, -0.2) is 43.9 Å². The fourth-order valence-corrected chi connectivity index (χ4v) is 0.856. The number of primary amides is 1. The summed E-state index contributed by atoms with van der Waals surface area (Å²) in [6, 6.07) is 0. The molecule has 0 aliphatic rings. The molecule has 0 aromatic rings. The lowest BCUT2D eigenvalue weighted by Gasteiger charge is -2.20. The fraction of sp³-hybridized carbons (Fsp3) is 0.778. The zero-order valence-electron chi connectivity index (χ0n) is 8.99. The number of rotatable bonds is 8. The van der Waals surface area contributed by atoms with E-state index in [0.29, 0.717) is 13.2 Å². The van der Waals surface area contributed by atoms with Gasteiger partial charge in [-0.15, -0.1) is 0 Å². The number of carbonyl (C=O) groups excluding carboxylic acids is 1. The fourth-order valence-electron chi connectivity index (χ4n) is 0.856. The lowest BCUT2D eigenvalue weighted by atomic mass is 9.86. The van der Waals surface area contributed by atoms with Crippen LogP contribution in [0.15, 0.2) is 0 Å². The lowest BCUT2D eigenvalue weighted by Crippen LogP contribution is -2.42. The molecule has 0 rings (SSSR count). The minimum atomic E-state index is -1.56. The summed E-state index contributed by atoms with van der Waals surface area (Å²) < 4.78 is 9.81. The van der Waals surface area contributed by atoms with Gasteiger partial charge >= 0.3 is 5.97 Å². The Morgan fingerprint density at radius 1 is 1.33 bits per heavy atom. The van der Waals surface area contributed by atoms with Crippen LogP contribution in [-0.2, 0) is 19.1 Å². The van der Waals surface area contributed by atoms with Gasteiger partial charge in [0.2, 0.25) is 5.91 Å². The number of ether oxygens (including phenoxy) is 2. The SMILES string of the molecule is COCCOCCC(C)(C(N)=O)C(=O)O. The second-order valence-corrected chi connectivity index (χ2v) is 3.36. The molecule has 0 radical (unpaired) electrons. The van der Waals surface area contributed by atoms with Crippen molar-refractivity contribution in [1.29, 1.82) is 0 Å².